The standard InChI is InChI=1S/C13H20N2O/c16-13(15-14-9-5-1-2-6-9)12-10-7-3-4-8-11(10)12/h10-12H,1-8H2,(H,15,16)/t10-,11-/m0/s1. The van der Waals surface area contributed by atoms with E-state index in [2.05, 4.69) is 10.5 Å². The maximum absolute atomic E-state index is 11.9. The number of carbonyl (C=O) groups excluding carboxylic acids is 1. The van der Waals surface area contributed by atoms with Crippen molar-refractivity contribution in [3.8, 4) is 0 Å². The van der Waals surface area contributed by atoms with Crippen molar-refractivity contribution in [2.24, 2.45) is 22.9 Å². The maximum Gasteiger partial charge on any atom is 0.243 e. The van der Waals surface area contributed by atoms with Gasteiger partial charge in [0, 0.05) is 11.6 Å². The van der Waals surface area contributed by atoms with Gasteiger partial charge in [0.05, 0.1) is 0 Å². The van der Waals surface area contributed by atoms with Gasteiger partial charge in [-0.05, 0) is 50.4 Å². The van der Waals surface area contributed by atoms with Crippen molar-refractivity contribution in [1.29, 1.82) is 0 Å². The van der Waals surface area contributed by atoms with Crippen molar-refractivity contribution in [1.82, 2.24) is 5.43 Å². The van der Waals surface area contributed by atoms with Crippen LogP contribution in [-0.4, -0.2) is 11.6 Å². The second kappa shape index (κ2) is 4.19. The highest BCUT2D eigenvalue weighted by Crippen LogP contribution is 2.55. The van der Waals surface area contributed by atoms with Crippen molar-refractivity contribution in [3.05, 3.63) is 0 Å². The van der Waals surface area contributed by atoms with Crippen molar-refractivity contribution in [2.45, 2.75) is 51.4 Å². The molecule has 0 unspecified atom stereocenters. The molecule has 1 amide bonds. The highest BCUT2D eigenvalue weighted by molar-refractivity contribution is 5.88. The van der Waals surface area contributed by atoms with Crippen molar-refractivity contribution in [3.63, 3.8) is 0 Å². The molecule has 3 nitrogen and oxygen atoms in total. The quantitative estimate of drug-likeness (QED) is 0.714. The van der Waals surface area contributed by atoms with Crippen LogP contribution in [0.1, 0.15) is 51.4 Å². The minimum Gasteiger partial charge on any atom is -0.273 e. The Kier molecular flexibility index (Phi) is 2.70. The monoisotopic (exact) mass is 220 g/mol. The van der Waals surface area contributed by atoms with Crippen LogP contribution >= 0.6 is 0 Å². The molecule has 0 spiro atoms. The zero-order valence-electron chi connectivity index (χ0n) is 9.74. The average Bonchev–Trinajstić information content (AvgIpc) is 2.80. The Bertz CT molecular complexity index is 304. The van der Waals surface area contributed by atoms with Crippen LogP contribution in [0.2, 0.25) is 0 Å². The minimum absolute atomic E-state index is 0.191. The summed E-state index contributed by atoms with van der Waals surface area (Å²) >= 11 is 0. The van der Waals surface area contributed by atoms with E-state index in [1.54, 1.807) is 0 Å². The lowest BCUT2D eigenvalue weighted by Gasteiger charge is -2.04. The predicted octanol–water partition coefficient (Wildman–Crippen LogP) is 2.47. The van der Waals surface area contributed by atoms with Crippen LogP contribution in [0.3, 0.4) is 0 Å². The van der Waals surface area contributed by atoms with Gasteiger partial charge in [-0.3, -0.25) is 4.79 Å². The summed E-state index contributed by atoms with van der Waals surface area (Å²) in [4.78, 5) is 11.9. The molecule has 0 bridgehead atoms. The molecule has 0 saturated heterocycles. The predicted molar refractivity (Wildman–Crippen MR) is 63.0 cm³/mol. The molecule has 3 aliphatic carbocycles. The Balaban J connectivity index is 1.52. The van der Waals surface area contributed by atoms with Gasteiger partial charge >= 0.3 is 0 Å². The highest BCUT2D eigenvalue weighted by Gasteiger charge is 2.54. The fourth-order valence-electron chi connectivity index (χ4n) is 3.48. The van der Waals surface area contributed by atoms with Crippen LogP contribution in [0.5, 0.6) is 0 Å². The number of nitrogens with one attached hydrogen (secondary N) is 1. The van der Waals surface area contributed by atoms with E-state index in [0.29, 0.717) is 17.8 Å². The number of hydrazone groups is 1. The smallest absolute Gasteiger partial charge is 0.243 e. The van der Waals surface area contributed by atoms with E-state index < -0.39 is 0 Å². The molecule has 0 aliphatic heterocycles. The van der Waals surface area contributed by atoms with Crippen LogP contribution in [-0.2, 0) is 4.79 Å². The van der Waals surface area contributed by atoms with Crippen LogP contribution in [0.25, 0.3) is 0 Å². The number of fused-ring (bicyclic) bond motifs is 1. The van der Waals surface area contributed by atoms with E-state index >= 15 is 0 Å². The first-order valence-corrected chi connectivity index (χ1v) is 6.71. The first-order chi connectivity index (χ1) is 7.86. The summed E-state index contributed by atoms with van der Waals surface area (Å²) in [7, 11) is 0. The van der Waals surface area contributed by atoms with Crippen molar-refractivity contribution >= 4 is 11.6 Å². The zero-order chi connectivity index (χ0) is 11.0. The molecule has 0 radical (unpaired) electrons. The molecular formula is C13H20N2O. The van der Waals surface area contributed by atoms with Crippen LogP contribution in [0.4, 0.5) is 0 Å². The summed E-state index contributed by atoms with van der Waals surface area (Å²) < 4.78 is 0. The number of rotatable bonds is 2. The Morgan fingerprint density at radius 3 is 2.31 bits per heavy atom. The zero-order valence-corrected chi connectivity index (χ0v) is 9.74. The fraction of sp³-hybridized carbons (Fsp3) is 0.846. The second-order valence-electron chi connectivity index (χ2n) is 5.50. The lowest BCUT2D eigenvalue weighted by molar-refractivity contribution is -0.122. The fourth-order valence-corrected chi connectivity index (χ4v) is 3.48. The van der Waals surface area contributed by atoms with Gasteiger partial charge in [-0.1, -0.05) is 12.8 Å². The van der Waals surface area contributed by atoms with E-state index in [9.17, 15) is 4.79 Å². The van der Waals surface area contributed by atoms with Gasteiger partial charge < -0.3 is 0 Å². The highest BCUT2D eigenvalue weighted by atomic mass is 16.2. The van der Waals surface area contributed by atoms with Gasteiger partial charge in [-0.25, -0.2) is 5.43 Å². The molecule has 3 rings (SSSR count). The molecule has 3 aliphatic rings. The Morgan fingerprint density at radius 1 is 1.06 bits per heavy atom. The molecular weight excluding hydrogens is 200 g/mol. The van der Waals surface area contributed by atoms with Gasteiger partial charge in [-0.2, -0.15) is 5.10 Å². The molecule has 1 N–H and O–H groups in total. The molecule has 0 aromatic heterocycles. The SMILES string of the molecule is O=C(NN=C1CCCC1)C1[C@H]2CCCC[C@H]12. The molecule has 3 saturated carbocycles. The summed E-state index contributed by atoms with van der Waals surface area (Å²) in [5.74, 6) is 1.87. The molecule has 3 fully saturated rings. The van der Waals surface area contributed by atoms with E-state index in [1.165, 1.54) is 44.2 Å². The van der Waals surface area contributed by atoms with Crippen LogP contribution in [0, 0.1) is 17.8 Å². The van der Waals surface area contributed by atoms with Gasteiger partial charge in [0.25, 0.3) is 0 Å². The second-order valence-corrected chi connectivity index (χ2v) is 5.50. The third-order valence-electron chi connectivity index (χ3n) is 4.46. The Morgan fingerprint density at radius 2 is 1.69 bits per heavy atom. The Labute approximate surface area is 96.7 Å². The van der Waals surface area contributed by atoms with Gasteiger partial charge in [0.1, 0.15) is 0 Å². The number of hydrogen-bond donors (Lipinski definition) is 1. The van der Waals surface area contributed by atoms with Crippen molar-refractivity contribution < 1.29 is 4.79 Å². The topological polar surface area (TPSA) is 41.5 Å². The van der Waals surface area contributed by atoms with E-state index in [0.717, 1.165) is 12.8 Å². The summed E-state index contributed by atoms with van der Waals surface area (Å²) in [6.45, 7) is 0. The Hall–Kier alpha value is -0.860. The lowest BCUT2D eigenvalue weighted by Crippen LogP contribution is -2.22. The third-order valence-corrected chi connectivity index (χ3v) is 4.46. The largest absolute Gasteiger partial charge is 0.273 e. The number of amides is 1. The van der Waals surface area contributed by atoms with Crippen LogP contribution < -0.4 is 5.43 Å². The van der Waals surface area contributed by atoms with Gasteiger partial charge in [0.15, 0.2) is 0 Å². The summed E-state index contributed by atoms with van der Waals surface area (Å²) in [6, 6.07) is 0. The van der Waals surface area contributed by atoms with E-state index in [4.69, 9.17) is 0 Å². The molecule has 0 aromatic rings. The van der Waals surface area contributed by atoms with Crippen molar-refractivity contribution in [2.75, 3.05) is 0 Å². The molecule has 16 heavy (non-hydrogen) atoms. The normalized spacial score (nSPS) is 36.8. The summed E-state index contributed by atoms with van der Waals surface area (Å²) in [5.41, 5.74) is 3.98. The molecule has 2 atom stereocenters. The number of hydrogen-bond acceptors (Lipinski definition) is 2. The van der Waals surface area contributed by atoms with Gasteiger partial charge in [-0.15, -0.1) is 0 Å². The van der Waals surface area contributed by atoms with E-state index in [1.807, 2.05) is 0 Å². The molecule has 3 heteroatoms. The number of nitrogens with zero attached hydrogens (tertiary/aromatic N) is 1. The molecule has 88 valence electrons. The summed E-state index contributed by atoms with van der Waals surface area (Å²) in [6.07, 6.45) is 9.81. The minimum atomic E-state index is 0.191. The van der Waals surface area contributed by atoms with Gasteiger partial charge in [0.2, 0.25) is 5.91 Å². The van der Waals surface area contributed by atoms with E-state index in [-0.39, 0.29) is 5.91 Å². The average molecular weight is 220 g/mol. The molecule has 0 aromatic carbocycles. The lowest BCUT2D eigenvalue weighted by atomic mass is 10.0. The molecule has 0 heterocycles. The van der Waals surface area contributed by atoms with Crippen LogP contribution in [0.15, 0.2) is 5.10 Å². The number of carbonyl (C=O) groups is 1. The summed E-state index contributed by atoms with van der Waals surface area (Å²) in [5, 5.41) is 4.26. The third kappa shape index (κ3) is 1.87. The first-order valence-electron chi connectivity index (χ1n) is 6.71. The maximum atomic E-state index is 11.9. The first kappa shape index (κ1) is 10.3.